The van der Waals surface area contributed by atoms with Crippen LogP contribution in [0.3, 0.4) is 0 Å². The average molecular weight is 387 g/mol. The number of aliphatic hydroxyl groups is 1. The molecule has 3 saturated carbocycles. The molecule has 0 unspecified atom stereocenters. The lowest BCUT2D eigenvalue weighted by atomic mass is 9.47. The Hall–Kier alpha value is -1.42. The molecule has 4 rings (SSSR count). The van der Waals surface area contributed by atoms with Crippen LogP contribution < -0.4 is 0 Å². The fourth-order valence-corrected chi connectivity index (χ4v) is 7.77. The standard InChI is InChI=1S/C24H34O4/c1-14(4-7-22(27)28)17-5-6-18-16-13-21(26)20-12-15(25)8-10-24(20,3)19(16)9-11-23(17,18)2/h8,10,12,14,16-19,21,26H,4-7,9,11,13H2,1-3H3,(H,27,28)/t14-,16+,17-,18+,19+,21+,23-,24-/m1/s1. The second-order valence-electron chi connectivity index (χ2n) is 10.4. The Morgan fingerprint density at radius 3 is 2.71 bits per heavy atom. The molecular formula is C24H34O4. The molecule has 3 fully saturated rings. The van der Waals surface area contributed by atoms with E-state index in [-0.39, 0.29) is 23.0 Å². The third-order valence-corrected chi connectivity index (χ3v) is 9.15. The fourth-order valence-electron chi connectivity index (χ4n) is 7.77. The summed E-state index contributed by atoms with van der Waals surface area (Å²) in [6.07, 6.45) is 11.4. The first-order valence-corrected chi connectivity index (χ1v) is 11.0. The second kappa shape index (κ2) is 6.83. The van der Waals surface area contributed by atoms with Crippen molar-refractivity contribution in [2.45, 2.75) is 71.8 Å². The minimum atomic E-state index is -0.698. The zero-order valence-corrected chi connectivity index (χ0v) is 17.4. The van der Waals surface area contributed by atoms with Gasteiger partial charge in [0, 0.05) is 11.8 Å². The SMILES string of the molecule is C[C@H](CCC(=O)O)[C@H]1CC[C@H]2[C@@H]3C[C@H](O)C4=CC(=O)C=C[C@]4(C)[C@H]3CC[C@]12C. The molecule has 0 aromatic carbocycles. The lowest BCUT2D eigenvalue weighted by molar-refractivity contribution is -0.137. The molecule has 28 heavy (non-hydrogen) atoms. The molecule has 0 spiro atoms. The molecule has 0 heterocycles. The van der Waals surface area contributed by atoms with Crippen LogP contribution >= 0.6 is 0 Å². The van der Waals surface area contributed by atoms with Crippen LogP contribution in [0.25, 0.3) is 0 Å². The molecule has 8 atom stereocenters. The Morgan fingerprint density at radius 2 is 2.00 bits per heavy atom. The van der Waals surface area contributed by atoms with Gasteiger partial charge in [-0.3, -0.25) is 9.59 Å². The van der Waals surface area contributed by atoms with Crippen molar-refractivity contribution in [3.05, 3.63) is 23.8 Å². The molecule has 0 radical (unpaired) electrons. The Kier molecular flexibility index (Phi) is 4.85. The van der Waals surface area contributed by atoms with E-state index in [0.29, 0.717) is 29.6 Å². The topological polar surface area (TPSA) is 74.6 Å². The molecule has 2 N–H and O–H groups in total. The molecule has 0 amide bonds. The van der Waals surface area contributed by atoms with Crippen LogP contribution in [0.5, 0.6) is 0 Å². The van der Waals surface area contributed by atoms with Gasteiger partial charge in [0.1, 0.15) is 0 Å². The molecule has 0 saturated heterocycles. The Morgan fingerprint density at radius 1 is 1.25 bits per heavy atom. The first-order chi connectivity index (χ1) is 13.2. The summed E-state index contributed by atoms with van der Waals surface area (Å²) in [7, 11) is 0. The number of carbonyl (C=O) groups excluding carboxylic acids is 1. The number of rotatable bonds is 4. The van der Waals surface area contributed by atoms with Gasteiger partial charge in [-0.25, -0.2) is 0 Å². The van der Waals surface area contributed by atoms with E-state index in [4.69, 9.17) is 5.11 Å². The molecule has 4 nitrogen and oxygen atoms in total. The molecule has 0 aliphatic heterocycles. The van der Waals surface area contributed by atoms with E-state index in [1.54, 1.807) is 12.2 Å². The van der Waals surface area contributed by atoms with E-state index < -0.39 is 12.1 Å². The van der Waals surface area contributed by atoms with Gasteiger partial charge in [0.2, 0.25) is 0 Å². The highest BCUT2D eigenvalue weighted by atomic mass is 16.4. The summed E-state index contributed by atoms with van der Waals surface area (Å²) in [6, 6.07) is 0. The van der Waals surface area contributed by atoms with Crippen molar-refractivity contribution in [2.24, 2.45) is 40.4 Å². The molecular weight excluding hydrogens is 352 g/mol. The van der Waals surface area contributed by atoms with Crippen molar-refractivity contribution < 1.29 is 19.8 Å². The number of carboxylic acid groups (broad SMARTS) is 1. The van der Waals surface area contributed by atoms with E-state index in [2.05, 4.69) is 26.8 Å². The van der Waals surface area contributed by atoms with Gasteiger partial charge in [0.25, 0.3) is 0 Å². The number of hydrogen-bond donors (Lipinski definition) is 2. The summed E-state index contributed by atoms with van der Waals surface area (Å²) < 4.78 is 0. The summed E-state index contributed by atoms with van der Waals surface area (Å²) in [4.78, 5) is 22.9. The Balaban J connectivity index is 1.59. The Bertz CT molecular complexity index is 737. The molecule has 0 bridgehead atoms. The van der Waals surface area contributed by atoms with Gasteiger partial charge in [-0.1, -0.05) is 26.8 Å². The van der Waals surface area contributed by atoms with E-state index in [1.807, 2.05) is 0 Å². The summed E-state index contributed by atoms with van der Waals surface area (Å²) in [5, 5.41) is 20.0. The third kappa shape index (κ3) is 2.91. The lowest BCUT2D eigenvalue weighted by Gasteiger charge is -2.58. The van der Waals surface area contributed by atoms with Crippen LogP contribution in [0.2, 0.25) is 0 Å². The largest absolute Gasteiger partial charge is 0.481 e. The summed E-state index contributed by atoms with van der Waals surface area (Å²) in [5.41, 5.74) is 0.962. The van der Waals surface area contributed by atoms with Crippen molar-refractivity contribution in [1.82, 2.24) is 0 Å². The van der Waals surface area contributed by atoms with Crippen molar-refractivity contribution in [3.8, 4) is 0 Å². The number of hydrogen-bond acceptors (Lipinski definition) is 3. The second-order valence-corrected chi connectivity index (χ2v) is 10.4. The smallest absolute Gasteiger partial charge is 0.303 e. The molecule has 0 aromatic rings. The minimum Gasteiger partial charge on any atom is -0.481 e. The van der Waals surface area contributed by atoms with Gasteiger partial charge in [0.15, 0.2) is 5.78 Å². The number of carboxylic acids is 1. The van der Waals surface area contributed by atoms with E-state index >= 15 is 0 Å². The van der Waals surface area contributed by atoms with Crippen molar-refractivity contribution >= 4 is 11.8 Å². The highest BCUT2D eigenvalue weighted by molar-refractivity contribution is 6.01. The van der Waals surface area contributed by atoms with Crippen LogP contribution in [0.1, 0.15) is 65.7 Å². The van der Waals surface area contributed by atoms with Crippen LogP contribution in [0, 0.1) is 40.4 Å². The maximum Gasteiger partial charge on any atom is 0.303 e. The highest BCUT2D eigenvalue weighted by Gasteiger charge is 2.60. The summed E-state index contributed by atoms with van der Waals surface area (Å²) in [5.74, 6) is 1.85. The van der Waals surface area contributed by atoms with Gasteiger partial charge in [-0.2, -0.15) is 0 Å². The zero-order chi connectivity index (χ0) is 20.3. The third-order valence-electron chi connectivity index (χ3n) is 9.15. The van der Waals surface area contributed by atoms with E-state index in [0.717, 1.165) is 24.8 Å². The number of aliphatic carboxylic acids is 1. The van der Waals surface area contributed by atoms with E-state index in [1.165, 1.54) is 19.3 Å². The minimum absolute atomic E-state index is 0.00110. The summed E-state index contributed by atoms with van der Waals surface area (Å²) in [6.45, 7) is 6.89. The predicted molar refractivity (Wildman–Crippen MR) is 108 cm³/mol. The van der Waals surface area contributed by atoms with Crippen LogP contribution in [-0.4, -0.2) is 28.1 Å². The van der Waals surface area contributed by atoms with Gasteiger partial charge < -0.3 is 10.2 Å². The van der Waals surface area contributed by atoms with Gasteiger partial charge in [0.05, 0.1) is 6.10 Å². The number of carbonyl (C=O) groups is 2. The van der Waals surface area contributed by atoms with Gasteiger partial charge in [-0.05, 0) is 91.3 Å². The fraction of sp³-hybridized carbons (Fsp3) is 0.750. The maximum absolute atomic E-state index is 11.9. The lowest BCUT2D eigenvalue weighted by Crippen LogP contribution is -2.53. The maximum atomic E-state index is 11.9. The summed E-state index contributed by atoms with van der Waals surface area (Å²) >= 11 is 0. The molecule has 0 aromatic heterocycles. The predicted octanol–water partition coefficient (Wildman–Crippen LogP) is 4.38. The molecule has 4 aliphatic carbocycles. The number of ketones is 1. The first kappa shape index (κ1) is 19.9. The monoisotopic (exact) mass is 386 g/mol. The van der Waals surface area contributed by atoms with Crippen LogP contribution in [-0.2, 0) is 9.59 Å². The molecule has 4 aliphatic rings. The number of aliphatic hydroxyl groups excluding tert-OH is 1. The van der Waals surface area contributed by atoms with Crippen LogP contribution in [0.15, 0.2) is 23.8 Å². The average Bonchev–Trinajstić information content (AvgIpc) is 2.99. The Labute approximate surface area is 168 Å². The van der Waals surface area contributed by atoms with Crippen molar-refractivity contribution in [1.29, 1.82) is 0 Å². The van der Waals surface area contributed by atoms with Crippen molar-refractivity contribution in [2.75, 3.05) is 0 Å². The van der Waals surface area contributed by atoms with Gasteiger partial charge >= 0.3 is 5.97 Å². The number of fused-ring (bicyclic) bond motifs is 5. The van der Waals surface area contributed by atoms with E-state index in [9.17, 15) is 14.7 Å². The molecule has 4 heteroatoms. The van der Waals surface area contributed by atoms with Crippen molar-refractivity contribution in [3.63, 3.8) is 0 Å². The van der Waals surface area contributed by atoms with Gasteiger partial charge in [-0.15, -0.1) is 0 Å². The zero-order valence-electron chi connectivity index (χ0n) is 17.4. The number of allylic oxidation sites excluding steroid dienone is 3. The van der Waals surface area contributed by atoms with Crippen LogP contribution in [0.4, 0.5) is 0 Å². The quantitative estimate of drug-likeness (QED) is 0.752. The molecule has 154 valence electrons. The highest BCUT2D eigenvalue weighted by Crippen LogP contribution is 2.67. The first-order valence-electron chi connectivity index (χ1n) is 11.0. The normalized spacial score (nSPS) is 45.6.